The monoisotopic (exact) mass is 208 g/mol. The maximum Gasteiger partial charge on any atom is 0.155 e. The minimum absolute atomic E-state index is 0.0433. The van der Waals surface area contributed by atoms with Crippen molar-refractivity contribution >= 4 is 5.78 Å². The zero-order valence-electron chi connectivity index (χ0n) is 8.09. The summed E-state index contributed by atoms with van der Waals surface area (Å²) < 4.78 is 26.5. The Bertz CT molecular complexity index is 415. The number of allylic oxidation sites excluding steroid dienone is 2. The molecule has 78 valence electrons. The predicted molar refractivity (Wildman–Crippen MR) is 52.4 cm³/mol. The molecule has 0 radical (unpaired) electrons. The molecule has 0 spiro atoms. The van der Waals surface area contributed by atoms with Crippen molar-refractivity contribution in [2.24, 2.45) is 0 Å². The van der Waals surface area contributed by atoms with E-state index in [1.807, 2.05) is 0 Å². The standard InChI is InChI=1S/C12H10F2O/c13-11-2-1-3-12(14)10(11)7-8-4-5-9(15)6-8/h1-3,6H,4-5,7H2. The first-order chi connectivity index (χ1) is 7.16. The van der Waals surface area contributed by atoms with Gasteiger partial charge in [-0.3, -0.25) is 4.79 Å². The number of carbonyl (C=O) groups excluding carboxylic acids is 1. The number of hydrogen-bond acceptors (Lipinski definition) is 1. The van der Waals surface area contributed by atoms with Crippen LogP contribution in [0, 0.1) is 11.6 Å². The Morgan fingerprint density at radius 1 is 1.13 bits per heavy atom. The normalized spacial score (nSPS) is 15.6. The highest BCUT2D eigenvalue weighted by Crippen LogP contribution is 2.22. The molecule has 0 bridgehead atoms. The van der Waals surface area contributed by atoms with E-state index < -0.39 is 11.6 Å². The molecule has 0 fully saturated rings. The van der Waals surface area contributed by atoms with E-state index in [1.165, 1.54) is 24.3 Å². The second-order valence-corrected chi connectivity index (χ2v) is 3.65. The van der Waals surface area contributed by atoms with E-state index in [1.54, 1.807) is 0 Å². The van der Waals surface area contributed by atoms with Gasteiger partial charge in [-0.2, -0.15) is 0 Å². The number of halogens is 2. The average Bonchev–Trinajstić information content (AvgIpc) is 2.58. The third-order valence-corrected chi connectivity index (χ3v) is 2.52. The fraction of sp³-hybridized carbons (Fsp3) is 0.250. The second-order valence-electron chi connectivity index (χ2n) is 3.65. The van der Waals surface area contributed by atoms with Crippen LogP contribution in [0.15, 0.2) is 29.8 Å². The van der Waals surface area contributed by atoms with Gasteiger partial charge in [-0.1, -0.05) is 11.6 Å². The summed E-state index contributed by atoms with van der Waals surface area (Å²) >= 11 is 0. The molecule has 0 unspecified atom stereocenters. The number of ketones is 1. The van der Waals surface area contributed by atoms with E-state index in [4.69, 9.17) is 0 Å². The highest BCUT2D eigenvalue weighted by atomic mass is 19.1. The molecule has 0 saturated heterocycles. The van der Waals surface area contributed by atoms with Crippen LogP contribution in [0.4, 0.5) is 8.78 Å². The number of rotatable bonds is 2. The Labute approximate surface area is 86.4 Å². The number of carbonyl (C=O) groups is 1. The summed E-state index contributed by atoms with van der Waals surface area (Å²) in [6.45, 7) is 0. The van der Waals surface area contributed by atoms with Crippen LogP contribution in [-0.4, -0.2) is 5.78 Å². The minimum atomic E-state index is -0.546. The van der Waals surface area contributed by atoms with Crippen LogP contribution in [0.1, 0.15) is 18.4 Å². The van der Waals surface area contributed by atoms with Gasteiger partial charge in [0.05, 0.1) is 0 Å². The van der Waals surface area contributed by atoms with Gasteiger partial charge in [0.15, 0.2) is 5.78 Å². The second kappa shape index (κ2) is 3.93. The molecule has 0 aromatic heterocycles. The van der Waals surface area contributed by atoms with Crippen molar-refractivity contribution in [2.75, 3.05) is 0 Å². The summed E-state index contributed by atoms with van der Waals surface area (Å²) in [5, 5.41) is 0. The largest absolute Gasteiger partial charge is 0.295 e. The molecule has 0 heterocycles. The van der Waals surface area contributed by atoms with Gasteiger partial charge < -0.3 is 0 Å². The van der Waals surface area contributed by atoms with E-state index in [0.29, 0.717) is 12.8 Å². The minimum Gasteiger partial charge on any atom is -0.295 e. The summed E-state index contributed by atoms with van der Waals surface area (Å²) in [7, 11) is 0. The fourth-order valence-electron chi connectivity index (χ4n) is 1.72. The molecule has 1 aliphatic carbocycles. The Balaban J connectivity index is 2.24. The highest BCUT2D eigenvalue weighted by Gasteiger charge is 2.16. The van der Waals surface area contributed by atoms with Crippen LogP contribution in [0.3, 0.4) is 0 Å². The smallest absolute Gasteiger partial charge is 0.155 e. The summed E-state index contributed by atoms with van der Waals surface area (Å²) in [6.07, 6.45) is 2.77. The molecule has 1 aliphatic rings. The molecule has 2 rings (SSSR count). The number of benzene rings is 1. The first-order valence-electron chi connectivity index (χ1n) is 4.82. The molecule has 1 aromatic carbocycles. The molecule has 15 heavy (non-hydrogen) atoms. The summed E-state index contributed by atoms with van der Waals surface area (Å²) in [5.74, 6) is -1.05. The maximum absolute atomic E-state index is 13.2. The van der Waals surface area contributed by atoms with E-state index >= 15 is 0 Å². The maximum atomic E-state index is 13.2. The van der Waals surface area contributed by atoms with E-state index in [0.717, 1.165) is 5.57 Å². The molecule has 0 amide bonds. The first kappa shape index (κ1) is 10.0. The van der Waals surface area contributed by atoms with Gasteiger partial charge in [0.2, 0.25) is 0 Å². The van der Waals surface area contributed by atoms with Gasteiger partial charge in [-0.25, -0.2) is 8.78 Å². The molecule has 0 aliphatic heterocycles. The topological polar surface area (TPSA) is 17.1 Å². The Kier molecular flexibility index (Phi) is 2.62. The van der Waals surface area contributed by atoms with Gasteiger partial charge in [0.25, 0.3) is 0 Å². The quantitative estimate of drug-likeness (QED) is 0.730. The van der Waals surface area contributed by atoms with Crippen molar-refractivity contribution in [2.45, 2.75) is 19.3 Å². The van der Waals surface area contributed by atoms with E-state index in [2.05, 4.69) is 0 Å². The number of hydrogen-bond donors (Lipinski definition) is 0. The third-order valence-electron chi connectivity index (χ3n) is 2.52. The lowest BCUT2D eigenvalue weighted by molar-refractivity contribution is -0.114. The van der Waals surface area contributed by atoms with Crippen LogP contribution < -0.4 is 0 Å². The Morgan fingerprint density at radius 3 is 2.33 bits per heavy atom. The molecule has 1 aromatic rings. The van der Waals surface area contributed by atoms with E-state index in [-0.39, 0.29) is 17.8 Å². The average molecular weight is 208 g/mol. The zero-order chi connectivity index (χ0) is 10.8. The van der Waals surface area contributed by atoms with Crippen molar-refractivity contribution in [3.63, 3.8) is 0 Å². The molecule has 0 atom stereocenters. The predicted octanol–water partition coefficient (Wildman–Crippen LogP) is 2.80. The van der Waals surface area contributed by atoms with E-state index in [9.17, 15) is 13.6 Å². The van der Waals surface area contributed by atoms with Gasteiger partial charge in [0.1, 0.15) is 11.6 Å². The fourth-order valence-corrected chi connectivity index (χ4v) is 1.72. The lowest BCUT2D eigenvalue weighted by Crippen LogP contribution is -1.96. The Morgan fingerprint density at radius 2 is 1.80 bits per heavy atom. The van der Waals surface area contributed by atoms with Crippen molar-refractivity contribution in [1.82, 2.24) is 0 Å². The van der Waals surface area contributed by atoms with Crippen molar-refractivity contribution in [3.05, 3.63) is 47.0 Å². The zero-order valence-corrected chi connectivity index (χ0v) is 8.09. The lowest BCUT2D eigenvalue weighted by atomic mass is 10.0. The van der Waals surface area contributed by atoms with Crippen LogP contribution in [0.5, 0.6) is 0 Å². The van der Waals surface area contributed by atoms with Crippen molar-refractivity contribution in [1.29, 1.82) is 0 Å². The van der Waals surface area contributed by atoms with Crippen LogP contribution in [0.2, 0.25) is 0 Å². The summed E-state index contributed by atoms with van der Waals surface area (Å²) in [5.41, 5.74) is 0.863. The molecule has 1 nitrogen and oxygen atoms in total. The van der Waals surface area contributed by atoms with Gasteiger partial charge in [-0.05, 0) is 31.1 Å². The SMILES string of the molecule is O=C1C=C(Cc2c(F)cccc2F)CC1. The van der Waals surface area contributed by atoms with Crippen LogP contribution in [0.25, 0.3) is 0 Å². The molecular weight excluding hydrogens is 198 g/mol. The van der Waals surface area contributed by atoms with Gasteiger partial charge >= 0.3 is 0 Å². The molecular formula is C12H10F2O. The van der Waals surface area contributed by atoms with Crippen LogP contribution >= 0.6 is 0 Å². The van der Waals surface area contributed by atoms with Crippen LogP contribution in [-0.2, 0) is 11.2 Å². The molecule has 3 heteroatoms. The van der Waals surface area contributed by atoms with Crippen molar-refractivity contribution in [3.8, 4) is 0 Å². The lowest BCUT2D eigenvalue weighted by Gasteiger charge is -2.04. The summed E-state index contributed by atoms with van der Waals surface area (Å²) in [6, 6.07) is 3.80. The first-order valence-corrected chi connectivity index (χ1v) is 4.82. The van der Waals surface area contributed by atoms with Crippen molar-refractivity contribution < 1.29 is 13.6 Å². The third kappa shape index (κ3) is 2.12. The highest BCUT2D eigenvalue weighted by molar-refractivity contribution is 5.93. The van der Waals surface area contributed by atoms with Gasteiger partial charge in [0, 0.05) is 12.0 Å². The molecule has 0 saturated carbocycles. The molecule has 0 N–H and O–H groups in total. The van der Waals surface area contributed by atoms with Gasteiger partial charge in [-0.15, -0.1) is 0 Å². The summed E-state index contributed by atoms with van der Waals surface area (Å²) in [4.78, 5) is 10.9. The Hall–Kier alpha value is -1.51.